The van der Waals surface area contributed by atoms with Gasteiger partial charge in [0.05, 0.1) is 0 Å². The van der Waals surface area contributed by atoms with Gasteiger partial charge in [-0.25, -0.2) is 8.97 Å². The summed E-state index contributed by atoms with van der Waals surface area (Å²) in [6.07, 6.45) is 14.1. The van der Waals surface area contributed by atoms with Crippen LogP contribution in [-0.4, -0.2) is 16.8 Å². The predicted molar refractivity (Wildman–Crippen MR) is 140 cm³/mol. The molecule has 1 aliphatic rings. The minimum atomic E-state index is -0.109. The van der Waals surface area contributed by atoms with Crippen molar-refractivity contribution in [3.05, 3.63) is 70.5 Å². The van der Waals surface area contributed by atoms with Crippen molar-refractivity contribution in [3.8, 4) is 0 Å². The summed E-state index contributed by atoms with van der Waals surface area (Å²) in [5, 5.41) is 0. The lowest BCUT2D eigenvalue weighted by Gasteiger charge is -2.21. The van der Waals surface area contributed by atoms with Gasteiger partial charge in [-0.2, -0.15) is 0 Å². The Labute approximate surface area is 218 Å². The molecule has 0 saturated heterocycles. The number of halogens is 2. The molecule has 0 atom stereocenters. The van der Waals surface area contributed by atoms with Crippen LogP contribution < -0.4 is 17.0 Å². The van der Waals surface area contributed by atoms with Crippen molar-refractivity contribution in [2.75, 3.05) is 6.54 Å². The number of rotatable bonds is 12. The highest BCUT2D eigenvalue weighted by molar-refractivity contribution is 5.98. The molecule has 0 N–H and O–H groups in total. The Morgan fingerprint density at radius 2 is 1.44 bits per heavy atom. The second-order valence-electron chi connectivity index (χ2n) is 10.9. The van der Waals surface area contributed by atoms with Crippen LogP contribution in [0, 0.1) is 5.82 Å². The van der Waals surface area contributed by atoms with Crippen molar-refractivity contribution in [2.24, 2.45) is 0 Å². The summed E-state index contributed by atoms with van der Waals surface area (Å²) >= 11 is 0. The van der Waals surface area contributed by atoms with Gasteiger partial charge in [-0.05, 0) is 41.2 Å². The molecule has 0 bridgehead atoms. The summed E-state index contributed by atoms with van der Waals surface area (Å²) in [5.41, 5.74) is 6.79. The van der Waals surface area contributed by atoms with E-state index in [2.05, 4.69) is 56.5 Å². The van der Waals surface area contributed by atoms with E-state index in [1.165, 1.54) is 85.8 Å². The third-order valence-corrected chi connectivity index (χ3v) is 7.12. The van der Waals surface area contributed by atoms with Crippen LogP contribution in [-0.2, 0) is 18.4 Å². The topological polar surface area (TPSA) is 3.01 Å². The number of fused-ring (bicyclic) bond motifs is 1. The number of unbranched alkanes of at least 4 members (excludes halogenated alkanes) is 8. The molecule has 0 aromatic heterocycles. The molecule has 1 heterocycles. The van der Waals surface area contributed by atoms with Crippen LogP contribution in [0.1, 0.15) is 114 Å². The molecule has 0 aliphatic carbocycles. The average Bonchev–Trinajstić information content (AvgIpc) is 2.78. The van der Waals surface area contributed by atoms with Gasteiger partial charge in [0.2, 0.25) is 0 Å². The Bertz CT molecular complexity index is 908. The summed E-state index contributed by atoms with van der Waals surface area (Å²) in [7, 11) is 0. The lowest BCUT2D eigenvalue weighted by molar-refractivity contribution is -0.545. The van der Waals surface area contributed by atoms with Gasteiger partial charge in [0.25, 0.3) is 0 Å². The lowest BCUT2D eigenvalue weighted by Crippen LogP contribution is -3.00. The minimum absolute atomic E-state index is 0. The third-order valence-electron chi connectivity index (χ3n) is 7.12. The first kappa shape index (κ1) is 28.8. The van der Waals surface area contributed by atoms with Crippen molar-refractivity contribution in [1.29, 1.82) is 0 Å². The van der Waals surface area contributed by atoms with Gasteiger partial charge >= 0.3 is 0 Å². The zero-order valence-corrected chi connectivity index (χ0v) is 23.5. The molecule has 2 aromatic rings. The molecule has 1 nitrogen and oxygen atoms in total. The van der Waals surface area contributed by atoms with E-state index in [0.717, 1.165) is 25.9 Å². The van der Waals surface area contributed by atoms with Gasteiger partial charge < -0.3 is 17.0 Å². The Hall–Kier alpha value is -1.48. The smallest absolute Gasteiger partial charge is 0.183 e. The summed E-state index contributed by atoms with van der Waals surface area (Å²) in [6.45, 7) is 11.0. The fourth-order valence-electron chi connectivity index (χ4n) is 5.01. The van der Waals surface area contributed by atoms with Crippen molar-refractivity contribution in [2.45, 2.75) is 110 Å². The van der Waals surface area contributed by atoms with Crippen LogP contribution in [0.5, 0.6) is 0 Å². The molecule has 0 radical (unpaired) electrons. The molecule has 2 aromatic carbocycles. The normalized spacial score (nSPS) is 13.6. The zero-order valence-electron chi connectivity index (χ0n) is 21.9. The first-order valence-corrected chi connectivity index (χ1v) is 13.4. The van der Waals surface area contributed by atoms with Gasteiger partial charge in [-0.3, -0.25) is 0 Å². The molecule has 3 heteroatoms. The third kappa shape index (κ3) is 8.63. The van der Waals surface area contributed by atoms with Crippen molar-refractivity contribution >= 4 is 5.71 Å². The van der Waals surface area contributed by atoms with E-state index in [1.54, 1.807) is 12.1 Å². The molecular formula is C31H45BrFN. The summed E-state index contributed by atoms with van der Waals surface area (Å²) in [5.74, 6) is -0.109. The van der Waals surface area contributed by atoms with Crippen LogP contribution in [0.3, 0.4) is 0 Å². The van der Waals surface area contributed by atoms with E-state index < -0.39 is 0 Å². The van der Waals surface area contributed by atoms with E-state index in [9.17, 15) is 4.39 Å². The van der Waals surface area contributed by atoms with Crippen LogP contribution in [0.15, 0.2) is 42.5 Å². The predicted octanol–water partition coefficient (Wildman–Crippen LogP) is 5.61. The maximum Gasteiger partial charge on any atom is 0.183 e. The van der Waals surface area contributed by atoms with Gasteiger partial charge in [-0.1, -0.05) is 103 Å². The van der Waals surface area contributed by atoms with E-state index in [-0.39, 0.29) is 28.2 Å². The Balaban J connectivity index is 0.00000408. The fraction of sp³-hybridized carbons (Fsp3) is 0.581. The Morgan fingerprint density at radius 1 is 0.824 bits per heavy atom. The van der Waals surface area contributed by atoms with E-state index in [4.69, 9.17) is 0 Å². The number of nitrogens with zero attached hydrogens (tertiary/aromatic N) is 1. The summed E-state index contributed by atoms with van der Waals surface area (Å²) in [6, 6.07) is 14.5. The number of hydrogen-bond donors (Lipinski definition) is 0. The Kier molecular flexibility index (Phi) is 12.0. The van der Waals surface area contributed by atoms with Crippen LogP contribution in [0.4, 0.5) is 4.39 Å². The Morgan fingerprint density at radius 3 is 2.06 bits per heavy atom. The molecule has 188 valence electrons. The standard InChI is InChI=1S/C31H45FN.BrH/c1-5-6-7-8-9-10-11-12-13-14-30-29-20-19-28(32)23-26(29)21-22-33(30)24-25-15-17-27(18-16-25)31(2,3)4;/h15-20,23H,5-14,21-22,24H2,1-4H3;1H/q+1;/p-1. The van der Waals surface area contributed by atoms with Crippen LogP contribution in [0.2, 0.25) is 0 Å². The summed E-state index contributed by atoms with van der Waals surface area (Å²) < 4.78 is 16.4. The first-order chi connectivity index (χ1) is 15.9. The highest BCUT2D eigenvalue weighted by Crippen LogP contribution is 2.24. The SMILES string of the molecule is CCCCCCCCCCCC1=[N+](Cc2ccc(C(C)(C)C)cc2)CCc2cc(F)ccc21.[Br-]. The molecule has 34 heavy (non-hydrogen) atoms. The van der Waals surface area contributed by atoms with Crippen LogP contribution in [0.25, 0.3) is 0 Å². The maximum atomic E-state index is 13.9. The number of benzene rings is 2. The van der Waals surface area contributed by atoms with Gasteiger partial charge in [-0.15, -0.1) is 0 Å². The van der Waals surface area contributed by atoms with Crippen molar-refractivity contribution in [3.63, 3.8) is 0 Å². The summed E-state index contributed by atoms with van der Waals surface area (Å²) in [4.78, 5) is 0. The molecule has 0 fully saturated rings. The highest BCUT2D eigenvalue weighted by Gasteiger charge is 2.26. The number of hydrogen-bond acceptors (Lipinski definition) is 0. The maximum absolute atomic E-state index is 13.9. The quantitative estimate of drug-likeness (QED) is 0.248. The van der Waals surface area contributed by atoms with Gasteiger partial charge in [0, 0.05) is 24.0 Å². The molecular weight excluding hydrogens is 485 g/mol. The lowest BCUT2D eigenvalue weighted by atomic mass is 9.86. The molecule has 0 unspecified atom stereocenters. The minimum Gasteiger partial charge on any atom is -1.00 e. The fourth-order valence-corrected chi connectivity index (χ4v) is 5.01. The molecule has 1 aliphatic heterocycles. The first-order valence-electron chi connectivity index (χ1n) is 13.4. The van der Waals surface area contributed by atoms with E-state index >= 15 is 0 Å². The van der Waals surface area contributed by atoms with Gasteiger partial charge in [0.1, 0.15) is 12.4 Å². The van der Waals surface area contributed by atoms with Gasteiger partial charge in [0.15, 0.2) is 12.3 Å². The zero-order chi connectivity index (χ0) is 23.7. The van der Waals surface area contributed by atoms with E-state index in [1.807, 2.05) is 6.07 Å². The molecule has 0 amide bonds. The van der Waals surface area contributed by atoms with E-state index in [0.29, 0.717) is 0 Å². The highest BCUT2D eigenvalue weighted by atomic mass is 79.9. The second-order valence-corrected chi connectivity index (χ2v) is 10.9. The second kappa shape index (κ2) is 14.2. The molecule has 0 saturated carbocycles. The monoisotopic (exact) mass is 529 g/mol. The average molecular weight is 531 g/mol. The molecule has 0 spiro atoms. The van der Waals surface area contributed by atoms with Crippen molar-refractivity contribution < 1.29 is 25.9 Å². The van der Waals surface area contributed by atoms with Crippen molar-refractivity contribution in [1.82, 2.24) is 0 Å². The molecule has 3 rings (SSSR count). The van der Waals surface area contributed by atoms with Crippen LogP contribution >= 0.6 is 0 Å². The largest absolute Gasteiger partial charge is 1.00 e.